The molecule has 0 aromatic heterocycles. The first kappa shape index (κ1) is 37.7. The van der Waals surface area contributed by atoms with Crippen molar-refractivity contribution in [3.8, 4) is 0 Å². The second-order valence-electron chi connectivity index (χ2n) is 12.6. The summed E-state index contributed by atoms with van der Waals surface area (Å²) in [5.74, 6) is 3.43. The third-order valence-corrected chi connectivity index (χ3v) is 9.13. The Morgan fingerprint density at radius 2 is 0.632 bits per heavy atom. The number of hydrogen-bond acceptors (Lipinski definition) is 2. The van der Waals surface area contributed by atoms with Gasteiger partial charge in [-0.3, -0.25) is 9.80 Å². The summed E-state index contributed by atoms with van der Waals surface area (Å²) in [4.78, 5) is 5.64. The molecule has 4 atom stereocenters. The van der Waals surface area contributed by atoms with Gasteiger partial charge in [0.2, 0.25) is 0 Å². The maximum Gasteiger partial charge on any atom is 0.0163 e. The highest BCUT2D eigenvalue weighted by Gasteiger charge is 2.18. The number of unbranched alkanes of at least 4 members (excludes halogenated alkanes) is 4. The minimum atomic E-state index is 0.858. The van der Waals surface area contributed by atoms with Crippen LogP contribution in [-0.4, -0.2) is 49.1 Å². The molecule has 0 heterocycles. The van der Waals surface area contributed by atoms with Crippen LogP contribution in [0.5, 0.6) is 0 Å². The van der Waals surface area contributed by atoms with Gasteiger partial charge in [0.05, 0.1) is 0 Å². The van der Waals surface area contributed by atoms with Gasteiger partial charge in [0, 0.05) is 39.3 Å². The van der Waals surface area contributed by atoms with Crippen molar-refractivity contribution in [2.75, 3.05) is 39.3 Å². The Hall–Kier alpha value is -0.340. The smallest absolute Gasteiger partial charge is 0.0163 e. The van der Waals surface area contributed by atoms with Crippen LogP contribution in [-0.2, 0) is 0 Å². The highest BCUT2D eigenvalue weighted by Crippen LogP contribution is 2.20. The van der Waals surface area contributed by atoms with Gasteiger partial charge >= 0.3 is 0 Å². The molecule has 4 unspecified atom stereocenters. The molecule has 0 aliphatic heterocycles. The van der Waals surface area contributed by atoms with Gasteiger partial charge in [-0.2, -0.15) is 0 Å². The summed E-state index contributed by atoms with van der Waals surface area (Å²) in [6.45, 7) is 26.4. The van der Waals surface area contributed by atoms with Crippen molar-refractivity contribution in [1.82, 2.24) is 9.80 Å². The van der Waals surface area contributed by atoms with Crippen LogP contribution in [0.4, 0.5) is 0 Å². The van der Waals surface area contributed by atoms with E-state index in [9.17, 15) is 0 Å². The molecular weight excluding hydrogens is 460 g/mol. The highest BCUT2D eigenvalue weighted by molar-refractivity contribution is 4.89. The maximum atomic E-state index is 2.82. The molecule has 0 saturated carbocycles. The zero-order valence-electron chi connectivity index (χ0n) is 27.9. The molecular formula is C36H74N2. The van der Waals surface area contributed by atoms with E-state index in [1.807, 2.05) is 0 Å². The van der Waals surface area contributed by atoms with E-state index >= 15 is 0 Å². The summed E-state index contributed by atoms with van der Waals surface area (Å²) in [6.07, 6.45) is 26.8. The average Bonchev–Trinajstić information content (AvgIpc) is 2.94. The molecule has 2 nitrogen and oxygen atoms in total. The van der Waals surface area contributed by atoms with Gasteiger partial charge in [0.15, 0.2) is 0 Å². The molecule has 0 aromatic rings. The Kier molecular flexibility index (Phi) is 26.6. The van der Waals surface area contributed by atoms with Gasteiger partial charge in [0.25, 0.3) is 0 Å². The molecule has 0 saturated heterocycles. The number of nitrogens with zero attached hydrogens (tertiary/aromatic N) is 2. The second kappa shape index (κ2) is 26.9. The predicted molar refractivity (Wildman–Crippen MR) is 175 cm³/mol. The third kappa shape index (κ3) is 19.7. The van der Waals surface area contributed by atoms with Gasteiger partial charge in [0.1, 0.15) is 0 Å². The summed E-state index contributed by atoms with van der Waals surface area (Å²) in [6, 6.07) is 0. The lowest BCUT2D eigenvalue weighted by atomic mass is 9.95. The van der Waals surface area contributed by atoms with Crippen molar-refractivity contribution < 1.29 is 0 Å². The predicted octanol–water partition coefficient (Wildman–Crippen LogP) is 11.0. The van der Waals surface area contributed by atoms with Gasteiger partial charge in [-0.1, -0.05) is 145 Å². The topological polar surface area (TPSA) is 6.48 Å². The number of rotatable bonds is 28. The minimum absolute atomic E-state index is 0.858. The largest absolute Gasteiger partial charge is 0.299 e. The molecule has 0 spiro atoms. The lowest BCUT2D eigenvalue weighted by Gasteiger charge is -2.31. The molecule has 0 radical (unpaired) electrons. The molecule has 0 aromatic carbocycles. The molecule has 0 N–H and O–H groups in total. The summed E-state index contributed by atoms with van der Waals surface area (Å²) >= 11 is 0. The van der Waals surface area contributed by atoms with Crippen LogP contribution in [0.25, 0.3) is 0 Å². The first-order valence-corrected chi connectivity index (χ1v) is 17.6. The fraction of sp³-hybridized carbons (Fsp3) is 0.944. The van der Waals surface area contributed by atoms with E-state index in [0.717, 1.165) is 36.8 Å². The molecule has 2 heteroatoms. The monoisotopic (exact) mass is 535 g/mol. The fourth-order valence-electron chi connectivity index (χ4n) is 6.02. The molecule has 0 bridgehead atoms. The lowest BCUT2D eigenvalue weighted by Crippen LogP contribution is -2.35. The second-order valence-corrected chi connectivity index (χ2v) is 12.6. The summed E-state index contributed by atoms with van der Waals surface area (Å²) < 4.78 is 0. The lowest BCUT2D eigenvalue weighted by molar-refractivity contribution is 0.193. The standard InChI is InChI=1S/C36H74N2/c1-9-17-23-33(13-5)29-37(30-34(14-6)24-18-10-2)27-21-22-28-38(31-35(15-7)25-19-11-3)32-36(16-8)26-20-12-4/h21-22,33-36H,9-20,23-32H2,1-8H3. The van der Waals surface area contributed by atoms with Crippen LogP contribution in [0.1, 0.15) is 158 Å². The van der Waals surface area contributed by atoms with E-state index in [-0.39, 0.29) is 0 Å². The minimum Gasteiger partial charge on any atom is -0.299 e. The molecule has 228 valence electrons. The van der Waals surface area contributed by atoms with Crippen molar-refractivity contribution in [2.24, 2.45) is 23.7 Å². The zero-order valence-corrected chi connectivity index (χ0v) is 27.9. The molecule has 0 aliphatic carbocycles. The molecule has 0 aliphatic rings. The van der Waals surface area contributed by atoms with E-state index in [1.54, 1.807) is 0 Å². The van der Waals surface area contributed by atoms with E-state index in [2.05, 4.69) is 77.3 Å². The van der Waals surface area contributed by atoms with Crippen LogP contribution in [0.15, 0.2) is 12.2 Å². The van der Waals surface area contributed by atoms with E-state index in [1.165, 1.54) is 129 Å². The van der Waals surface area contributed by atoms with Gasteiger partial charge in [-0.05, 0) is 49.4 Å². The van der Waals surface area contributed by atoms with Crippen molar-refractivity contribution in [3.05, 3.63) is 12.2 Å². The zero-order chi connectivity index (χ0) is 28.4. The van der Waals surface area contributed by atoms with E-state index in [0.29, 0.717) is 0 Å². The van der Waals surface area contributed by atoms with E-state index < -0.39 is 0 Å². The fourth-order valence-corrected chi connectivity index (χ4v) is 6.02. The van der Waals surface area contributed by atoms with Crippen molar-refractivity contribution in [2.45, 2.75) is 158 Å². The van der Waals surface area contributed by atoms with Crippen LogP contribution in [0.2, 0.25) is 0 Å². The Morgan fingerprint density at radius 3 is 0.816 bits per heavy atom. The first-order chi connectivity index (χ1) is 18.5. The normalized spacial score (nSPS) is 15.5. The Morgan fingerprint density at radius 1 is 0.395 bits per heavy atom. The summed E-state index contributed by atoms with van der Waals surface area (Å²) in [5, 5.41) is 0. The van der Waals surface area contributed by atoms with Crippen LogP contribution in [0, 0.1) is 23.7 Å². The summed E-state index contributed by atoms with van der Waals surface area (Å²) in [7, 11) is 0. The van der Waals surface area contributed by atoms with Crippen molar-refractivity contribution in [3.63, 3.8) is 0 Å². The van der Waals surface area contributed by atoms with Crippen LogP contribution in [0.3, 0.4) is 0 Å². The molecule has 38 heavy (non-hydrogen) atoms. The van der Waals surface area contributed by atoms with Crippen LogP contribution < -0.4 is 0 Å². The molecule has 0 rings (SSSR count). The van der Waals surface area contributed by atoms with Crippen LogP contribution >= 0.6 is 0 Å². The van der Waals surface area contributed by atoms with Crippen molar-refractivity contribution >= 4 is 0 Å². The summed E-state index contributed by atoms with van der Waals surface area (Å²) in [5.41, 5.74) is 0. The molecule has 0 amide bonds. The average molecular weight is 535 g/mol. The maximum absolute atomic E-state index is 2.82. The van der Waals surface area contributed by atoms with Crippen molar-refractivity contribution in [1.29, 1.82) is 0 Å². The highest BCUT2D eigenvalue weighted by atomic mass is 15.1. The molecule has 0 fully saturated rings. The SMILES string of the molecule is CCCCC(CC)CN(CC=CCN(CC(CC)CCCC)CC(CC)CCCC)CC(CC)CCCC. The Bertz CT molecular complexity index is 422. The van der Waals surface area contributed by atoms with Gasteiger partial charge in [-0.15, -0.1) is 0 Å². The third-order valence-electron chi connectivity index (χ3n) is 9.13. The van der Waals surface area contributed by atoms with E-state index in [4.69, 9.17) is 0 Å². The van der Waals surface area contributed by atoms with Gasteiger partial charge < -0.3 is 0 Å². The number of hydrogen-bond donors (Lipinski definition) is 0. The first-order valence-electron chi connectivity index (χ1n) is 17.6. The Balaban J connectivity index is 5.34. The quantitative estimate of drug-likeness (QED) is 0.0921. The van der Waals surface area contributed by atoms with Gasteiger partial charge in [-0.25, -0.2) is 0 Å². The Labute approximate surface area is 242 Å².